The summed E-state index contributed by atoms with van der Waals surface area (Å²) in [7, 11) is 2.59. The summed E-state index contributed by atoms with van der Waals surface area (Å²) in [6.45, 7) is 5.23. The molecule has 0 saturated heterocycles. The van der Waals surface area contributed by atoms with Gasteiger partial charge in [-0.15, -0.1) is 0 Å². The molecule has 0 spiro atoms. The van der Waals surface area contributed by atoms with E-state index in [1.165, 1.54) is 38.7 Å². The third-order valence-corrected chi connectivity index (χ3v) is 3.25. The van der Waals surface area contributed by atoms with Crippen molar-refractivity contribution in [1.29, 1.82) is 0 Å². The van der Waals surface area contributed by atoms with E-state index in [4.69, 9.17) is 14.2 Å². The normalized spacial score (nSPS) is 13.2. The largest absolute Gasteiger partial charge is 0.503 e. The quantitative estimate of drug-likeness (QED) is 0.291. The molecule has 0 fully saturated rings. The van der Waals surface area contributed by atoms with Gasteiger partial charge in [-0.25, -0.2) is 9.78 Å². The van der Waals surface area contributed by atoms with Crippen molar-refractivity contribution in [3.63, 3.8) is 0 Å². The summed E-state index contributed by atoms with van der Waals surface area (Å²) in [5.41, 5.74) is -0.130. The molecule has 0 saturated carbocycles. The van der Waals surface area contributed by atoms with Gasteiger partial charge in [0.15, 0.2) is 0 Å². The van der Waals surface area contributed by atoms with E-state index in [-0.39, 0.29) is 18.1 Å². The number of hydrogen-bond donors (Lipinski definition) is 0. The zero-order chi connectivity index (χ0) is 20.4. The number of hydrogen-bond acceptors (Lipinski definition) is 5. The van der Waals surface area contributed by atoms with Crippen molar-refractivity contribution < 1.29 is 32.2 Å². The van der Waals surface area contributed by atoms with Crippen molar-refractivity contribution in [3.8, 4) is 5.88 Å². The monoisotopic (exact) mass is 383 g/mol. The number of ether oxygens (including phenoxy) is 3. The molecule has 1 heterocycles. The van der Waals surface area contributed by atoms with Crippen LogP contribution in [-0.4, -0.2) is 31.8 Å². The van der Waals surface area contributed by atoms with Crippen LogP contribution in [0.1, 0.15) is 12.6 Å². The van der Waals surface area contributed by atoms with Crippen molar-refractivity contribution >= 4 is 5.97 Å². The molecule has 0 bridgehead atoms. The molecular formula is C19H20F3NO4. The molecule has 146 valence electrons. The fourth-order valence-corrected chi connectivity index (χ4v) is 2.04. The van der Waals surface area contributed by atoms with Crippen molar-refractivity contribution in [2.75, 3.05) is 20.8 Å². The van der Waals surface area contributed by atoms with Gasteiger partial charge in [0.25, 0.3) is 0 Å². The van der Waals surface area contributed by atoms with E-state index in [0.717, 1.165) is 6.07 Å². The number of alkyl halides is 3. The first-order valence-electron chi connectivity index (χ1n) is 7.75. The third kappa shape index (κ3) is 6.32. The van der Waals surface area contributed by atoms with E-state index >= 15 is 0 Å². The van der Waals surface area contributed by atoms with Crippen LogP contribution in [0.15, 0.2) is 66.0 Å². The number of halogens is 3. The molecule has 0 aliphatic heterocycles. The molecule has 0 amide bonds. The Morgan fingerprint density at radius 2 is 2.00 bits per heavy atom. The van der Waals surface area contributed by atoms with E-state index in [1.807, 2.05) is 0 Å². The first kappa shape index (κ1) is 22.0. The number of pyridine rings is 1. The average molecular weight is 383 g/mol. The molecule has 0 radical (unpaired) electrons. The molecule has 1 rings (SSSR count). The van der Waals surface area contributed by atoms with Crippen LogP contribution in [0.3, 0.4) is 0 Å². The Labute approximate surface area is 155 Å². The maximum absolute atomic E-state index is 12.8. The predicted octanol–water partition coefficient (Wildman–Crippen LogP) is 4.24. The smallest absolute Gasteiger partial charge is 0.433 e. The number of allylic oxidation sites excluding steroid dienone is 2. The Kier molecular flexibility index (Phi) is 8.32. The van der Waals surface area contributed by atoms with Gasteiger partial charge in [0.2, 0.25) is 5.88 Å². The van der Waals surface area contributed by atoms with Crippen LogP contribution < -0.4 is 4.74 Å². The van der Waals surface area contributed by atoms with Crippen LogP contribution in [0, 0.1) is 0 Å². The summed E-state index contributed by atoms with van der Waals surface area (Å²) in [6.07, 6.45) is 1.34. The zero-order valence-electron chi connectivity index (χ0n) is 15.2. The van der Waals surface area contributed by atoms with Gasteiger partial charge in [0, 0.05) is 6.07 Å². The van der Waals surface area contributed by atoms with Gasteiger partial charge in [-0.3, -0.25) is 0 Å². The fraction of sp³-hybridized carbons (Fsp3) is 0.263. The predicted molar refractivity (Wildman–Crippen MR) is 93.9 cm³/mol. The molecule has 27 heavy (non-hydrogen) atoms. The maximum atomic E-state index is 12.8. The summed E-state index contributed by atoms with van der Waals surface area (Å²) in [5, 5.41) is 0. The highest BCUT2D eigenvalue weighted by Gasteiger charge is 2.32. The molecule has 0 N–H and O–H groups in total. The highest BCUT2D eigenvalue weighted by molar-refractivity contribution is 5.94. The number of carbonyl (C=O) groups excluding carboxylic acids is 1. The lowest BCUT2D eigenvalue weighted by molar-refractivity contribution is -0.141. The fourth-order valence-electron chi connectivity index (χ4n) is 2.04. The second-order valence-electron chi connectivity index (χ2n) is 5.05. The Bertz CT molecular complexity index is 764. The molecule has 1 aromatic heterocycles. The van der Waals surface area contributed by atoms with Crippen LogP contribution in [0.2, 0.25) is 0 Å². The van der Waals surface area contributed by atoms with Gasteiger partial charge in [-0.05, 0) is 24.1 Å². The third-order valence-electron chi connectivity index (χ3n) is 3.25. The molecular weight excluding hydrogens is 363 g/mol. The number of aromatic nitrogens is 1. The van der Waals surface area contributed by atoms with E-state index in [2.05, 4.69) is 11.6 Å². The standard InChI is InChI=1S/C19H20F3NO4/c1-5-8-14(15(12-25-3)18(24)26-4)13(6-2)11-27-17-10-7-9-16(23-17)19(20,21)22/h5-10,12H,2,11H2,1,3-4H3/b8-5-,14-13-,15-12+. The van der Waals surface area contributed by atoms with Gasteiger partial charge >= 0.3 is 12.1 Å². The van der Waals surface area contributed by atoms with Crippen LogP contribution >= 0.6 is 0 Å². The molecule has 5 nitrogen and oxygen atoms in total. The molecule has 0 aliphatic rings. The Hall–Kier alpha value is -3.03. The SMILES string of the molecule is C=C/C(COc1cccc(C(F)(F)F)n1)=C(\C=C/C)C(=C\OC)/C(=O)OC. The number of rotatable bonds is 8. The summed E-state index contributed by atoms with van der Waals surface area (Å²) in [5.74, 6) is -0.860. The molecule has 1 aromatic rings. The number of methoxy groups -OCH3 is 2. The molecule has 0 aliphatic carbocycles. The molecule has 8 heteroatoms. The highest BCUT2D eigenvalue weighted by Crippen LogP contribution is 2.29. The maximum Gasteiger partial charge on any atom is 0.433 e. The summed E-state index contributed by atoms with van der Waals surface area (Å²) in [6, 6.07) is 3.34. The lowest BCUT2D eigenvalue weighted by atomic mass is 10.0. The summed E-state index contributed by atoms with van der Waals surface area (Å²) in [4.78, 5) is 15.5. The topological polar surface area (TPSA) is 57.7 Å². The molecule has 0 aromatic carbocycles. The minimum absolute atomic E-state index is 0.105. The Morgan fingerprint density at radius 3 is 2.52 bits per heavy atom. The highest BCUT2D eigenvalue weighted by atomic mass is 19.4. The van der Waals surface area contributed by atoms with Crippen LogP contribution in [-0.2, 0) is 20.4 Å². The van der Waals surface area contributed by atoms with Crippen LogP contribution in [0.25, 0.3) is 0 Å². The van der Waals surface area contributed by atoms with Gasteiger partial charge in [0.1, 0.15) is 17.9 Å². The second kappa shape index (κ2) is 10.2. The molecule has 0 unspecified atom stereocenters. The van der Waals surface area contributed by atoms with Gasteiger partial charge < -0.3 is 14.2 Å². The van der Waals surface area contributed by atoms with Gasteiger partial charge in [-0.2, -0.15) is 13.2 Å². The van der Waals surface area contributed by atoms with Crippen LogP contribution in [0.4, 0.5) is 13.2 Å². The Balaban J connectivity index is 3.23. The lowest BCUT2D eigenvalue weighted by Crippen LogP contribution is -2.12. The average Bonchev–Trinajstić information content (AvgIpc) is 2.64. The Morgan fingerprint density at radius 1 is 1.30 bits per heavy atom. The summed E-state index contributed by atoms with van der Waals surface area (Å²) < 4.78 is 53.3. The van der Waals surface area contributed by atoms with E-state index in [1.54, 1.807) is 19.1 Å². The van der Waals surface area contributed by atoms with E-state index in [0.29, 0.717) is 11.1 Å². The summed E-state index contributed by atoms with van der Waals surface area (Å²) >= 11 is 0. The van der Waals surface area contributed by atoms with Crippen molar-refractivity contribution in [1.82, 2.24) is 4.98 Å². The van der Waals surface area contributed by atoms with Gasteiger partial charge in [0.05, 0.1) is 20.5 Å². The first-order valence-corrected chi connectivity index (χ1v) is 7.75. The lowest BCUT2D eigenvalue weighted by Gasteiger charge is -2.13. The number of carbonyl (C=O) groups is 1. The number of nitrogens with zero attached hydrogens (tertiary/aromatic N) is 1. The molecule has 0 atom stereocenters. The first-order chi connectivity index (χ1) is 12.8. The van der Waals surface area contributed by atoms with Gasteiger partial charge in [-0.1, -0.05) is 30.9 Å². The van der Waals surface area contributed by atoms with Crippen molar-refractivity contribution in [2.24, 2.45) is 0 Å². The minimum Gasteiger partial charge on any atom is -0.503 e. The minimum atomic E-state index is -4.58. The van der Waals surface area contributed by atoms with Crippen molar-refractivity contribution in [3.05, 3.63) is 71.7 Å². The van der Waals surface area contributed by atoms with E-state index in [9.17, 15) is 18.0 Å². The zero-order valence-corrected chi connectivity index (χ0v) is 15.2. The van der Waals surface area contributed by atoms with Crippen LogP contribution in [0.5, 0.6) is 5.88 Å². The number of esters is 1. The second-order valence-corrected chi connectivity index (χ2v) is 5.05. The van der Waals surface area contributed by atoms with Crippen molar-refractivity contribution in [2.45, 2.75) is 13.1 Å². The van der Waals surface area contributed by atoms with E-state index < -0.39 is 17.8 Å².